The molecule has 2 fully saturated rings. The second-order valence-corrected chi connectivity index (χ2v) is 6.81. The van der Waals surface area contributed by atoms with Gasteiger partial charge in [-0.2, -0.15) is 0 Å². The minimum absolute atomic E-state index is 0.0346. The first kappa shape index (κ1) is 13.0. The minimum atomic E-state index is -0.162. The fraction of sp³-hybridized carbons (Fsp3) is 0.316. The molecular formula is C19H16N2O2. The lowest BCUT2D eigenvalue weighted by Crippen LogP contribution is -2.33. The summed E-state index contributed by atoms with van der Waals surface area (Å²) in [7, 11) is 0. The van der Waals surface area contributed by atoms with Gasteiger partial charge in [0.05, 0.1) is 23.0 Å². The Kier molecular flexibility index (Phi) is 2.42. The van der Waals surface area contributed by atoms with Gasteiger partial charge in [0, 0.05) is 11.1 Å². The summed E-state index contributed by atoms with van der Waals surface area (Å²) >= 11 is 0. The predicted octanol–water partition coefficient (Wildman–Crippen LogP) is 2.85. The summed E-state index contributed by atoms with van der Waals surface area (Å²) in [4.78, 5) is 31.9. The van der Waals surface area contributed by atoms with E-state index in [0.717, 1.165) is 23.0 Å². The molecule has 23 heavy (non-hydrogen) atoms. The van der Waals surface area contributed by atoms with Crippen molar-refractivity contribution in [3.8, 4) is 0 Å². The Morgan fingerprint density at radius 3 is 2.39 bits per heavy atom. The number of fused-ring (bicyclic) bond motifs is 6. The Morgan fingerprint density at radius 2 is 1.70 bits per heavy atom. The zero-order valence-electron chi connectivity index (χ0n) is 12.8. The Bertz CT molecular complexity index is 871. The quantitative estimate of drug-likeness (QED) is 0.601. The number of aromatic nitrogens is 1. The average Bonchev–Trinajstić information content (AvgIpc) is 3.21. The van der Waals surface area contributed by atoms with Crippen molar-refractivity contribution in [3.05, 3.63) is 48.2 Å². The fourth-order valence-electron chi connectivity index (χ4n) is 4.61. The van der Waals surface area contributed by atoms with Crippen molar-refractivity contribution in [3.63, 3.8) is 0 Å². The minimum Gasteiger partial charge on any atom is -0.274 e. The lowest BCUT2D eigenvalue weighted by molar-refractivity contribution is -0.123. The topological polar surface area (TPSA) is 50.3 Å². The van der Waals surface area contributed by atoms with Gasteiger partial charge in [0.2, 0.25) is 11.8 Å². The van der Waals surface area contributed by atoms with Crippen LogP contribution in [0.15, 0.2) is 42.5 Å². The van der Waals surface area contributed by atoms with Crippen molar-refractivity contribution in [2.75, 3.05) is 4.90 Å². The van der Waals surface area contributed by atoms with Gasteiger partial charge in [-0.15, -0.1) is 0 Å². The molecular weight excluding hydrogens is 288 g/mol. The highest BCUT2D eigenvalue weighted by atomic mass is 16.2. The molecule has 1 aromatic heterocycles. The number of para-hydroxylation sites is 1. The lowest BCUT2D eigenvalue weighted by atomic mass is 9.85. The summed E-state index contributed by atoms with van der Waals surface area (Å²) < 4.78 is 0. The molecule has 1 aliphatic heterocycles. The van der Waals surface area contributed by atoms with Gasteiger partial charge in [0.25, 0.3) is 0 Å². The number of amides is 2. The van der Waals surface area contributed by atoms with Gasteiger partial charge in [-0.1, -0.05) is 30.4 Å². The fourth-order valence-corrected chi connectivity index (χ4v) is 4.61. The zero-order chi connectivity index (χ0) is 15.7. The van der Waals surface area contributed by atoms with Crippen molar-refractivity contribution < 1.29 is 9.59 Å². The van der Waals surface area contributed by atoms with Crippen LogP contribution in [0.25, 0.3) is 10.9 Å². The van der Waals surface area contributed by atoms with Crippen LogP contribution in [0.3, 0.4) is 0 Å². The SMILES string of the molecule is Cc1cc(N2C(=O)[C@@H]3[C@H](C2=O)[C@@H]2C=C[C@H]3C2)c2ccccc2n1. The summed E-state index contributed by atoms with van der Waals surface area (Å²) in [6.07, 6.45) is 5.20. The number of hydrogen-bond donors (Lipinski definition) is 0. The largest absolute Gasteiger partial charge is 0.274 e. The molecule has 4 nitrogen and oxygen atoms in total. The molecule has 4 heteroatoms. The third kappa shape index (κ3) is 1.58. The van der Waals surface area contributed by atoms with Crippen LogP contribution in [0.1, 0.15) is 12.1 Å². The molecule has 0 unspecified atom stereocenters. The van der Waals surface area contributed by atoms with Crippen LogP contribution in [0.5, 0.6) is 0 Å². The van der Waals surface area contributed by atoms with Gasteiger partial charge in [-0.05, 0) is 37.3 Å². The second kappa shape index (κ2) is 4.28. The highest BCUT2D eigenvalue weighted by Gasteiger charge is 2.59. The molecule has 1 aromatic carbocycles. The Hall–Kier alpha value is -2.49. The highest BCUT2D eigenvalue weighted by molar-refractivity contribution is 6.25. The number of carbonyl (C=O) groups excluding carboxylic acids is 2. The zero-order valence-corrected chi connectivity index (χ0v) is 12.8. The molecule has 3 aliphatic rings. The molecule has 2 heterocycles. The highest BCUT2D eigenvalue weighted by Crippen LogP contribution is 2.53. The van der Waals surface area contributed by atoms with Crippen LogP contribution in [0.4, 0.5) is 5.69 Å². The number of carbonyl (C=O) groups is 2. The summed E-state index contributed by atoms with van der Waals surface area (Å²) in [5.74, 6) is 0.0796. The number of anilines is 1. The molecule has 1 saturated heterocycles. The van der Waals surface area contributed by atoms with E-state index in [4.69, 9.17) is 0 Å². The number of allylic oxidation sites excluding steroid dienone is 2. The molecule has 5 rings (SSSR count). The Morgan fingerprint density at radius 1 is 1.04 bits per heavy atom. The Labute approximate surface area is 133 Å². The number of nitrogens with zero attached hydrogens (tertiary/aromatic N) is 2. The van der Waals surface area contributed by atoms with Crippen LogP contribution in [0.2, 0.25) is 0 Å². The van der Waals surface area contributed by atoms with Crippen LogP contribution >= 0.6 is 0 Å². The maximum atomic E-state index is 13.0. The monoisotopic (exact) mass is 304 g/mol. The van der Waals surface area contributed by atoms with E-state index < -0.39 is 0 Å². The molecule has 114 valence electrons. The number of benzene rings is 1. The van der Waals surface area contributed by atoms with Crippen molar-refractivity contribution in [1.82, 2.24) is 4.98 Å². The van der Waals surface area contributed by atoms with E-state index in [1.807, 2.05) is 37.3 Å². The molecule has 4 atom stereocenters. The van der Waals surface area contributed by atoms with Gasteiger partial charge in [0.15, 0.2) is 0 Å². The average molecular weight is 304 g/mol. The van der Waals surface area contributed by atoms with Crippen LogP contribution < -0.4 is 4.90 Å². The summed E-state index contributed by atoms with van der Waals surface area (Å²) in [5, 5.41) is 0.861. The van der Waals surface area contributed by atoms with Gasteiger partial charge < -0.3 is 0 Å². The van der Waals surface area contributed by atoms with Gasteiger partial charge >= 0.3 is 0 Å². The van der Waals surface area contributed by atoms with Crippen molar-refractivity contribution in [2.45, 2.75) is 13.3 Å². The summed E-state index contributed by atoms with van der Waals surface area (Å²) in [5.41, 5.74) is 2.33. The summed E-state index contributed by atoms with van der Waals surface area (Å²) in [6.45, 7) is 1.90. The van der Waals surface area contributed by atoms with Crippen LogP contribution in [0, 0.1) is 30.6 Å². The maximum absolute atomic E-state index is 13.0. The molecule has 2 amide bonds. The van der Waals surface area contributed by atoms with Crippen molar-refractivity contribution in [2.24, 2.45) is 23.7 Å². The third-order valence-electron chi connectivity index (χ3n) is 5.53. The number of rotatable bonds is 1. The number of aryl methyl sites for hydroxylation is 1. The molecule has 2 aromatic rings. The van der Waals surface area contributed by atoms with Crippen molar-refractivity contribution in [1.29, 1.82) is 0 Å². The Balaban J connectivity index is 1.69. The molecule has 0 radical (unpaired) electrons. The normalized spacial score (nSPS) is 31.4. The van der Waals surface area contributed by atoms with Crippen LogP contribution in [-0.4, -0.2) is 16.8 Å². The number of hydrogen-bond acceptors (Lipinski definition) is 3. The smallest absolute Gasteiger partial charge is 0.238 e. The van der Waals surface area contributed by atoms with E-state index in [9.17, 15) is 9.59 Å². The van der Waals surface area contributed by atoms with Gasteiger partial charge in [-0.3, -0.25) is 14.6 Å². The van der Waals surface area contributed by atoms with E-state index in [2.05, 4.69) is 17.1 Å². The van der Waals surface area contributed by atoms with Crippen LogP contribution in [-0.2, 0) is 9.59 Å². The van der Waals surface area contributed by atoms with E-state index >= 15 is 0 Å². The third-order valence-corrected chi connectivity index (χ3v) is 5.53. The molecule has 2 aliphatic carbocycles. The van der Waals surface area contributed by atoms with Gasteiger partial charge in [0.1, 0.15) is 0 Å². The lowest BCUT2D eigenvalue weighted by Gasteiger charge is -2.19. The second-order valence-electron chi connectivity index (χ2n) is 6.81. The maximum Gasteiger partial charge on any atom is 0.238 e. The number of pyridine rings is 1. The summed E-state index contributed by atoms with van der Waals surface area (Å²) in [6, 6.07) is 9.54. The van der Waals surface area contributed by atoms with E-state index in [0.29, 0.717) is 5.69 Å². The first-order valence-corrected chi connectivity index (χ1v) is 8.07. The molecule has 1 saturated carbocycles. The first-order valence-electron chi connectivity index (χ1n) is 8.07. The predicted molar refractivity (Wildman–Crippen MR) is 86.7 cm³/mol. The first-order chi connectivity index (χ1) is 11.1. The van der Waals surface area contributed by atoms with E-state index in [-0.39, 0.29) is 35.5 Å². The molecule has 0 spiro atoms. The van der Waals surface area contributed by atoms with Gasteiger partial charge in [-0.25, -0.2) is 4.90 Å². The van der Waals surface area contributed by atoms with E-state index in [1.165, 1.54) is 4.90 Å². The molecule has 0 N–H and O–H groups in total. The standard InChI is InChI=1S/C19H16N2O2/c1-10-8-15(13-4-2-3-5-14(13)20-10)21-18(22)16-11-6-7-12(9-11)17(16)19(21)23/h2-8,11-12,16-17H,9H2,1H3/t11-,12+,16-,17+. The van der Waals surface area contributed by atoms with Crippen molar-refractivity contribution >= 4 is 28.4 Å². The van der Waals surface area contributed by atoms with E-state index in [1.54, 1.807) is 0 Å². The number of imide groups is 1. The molecule has 2 bridgehead atoms.